The van der Waals surface area contributed by atoms with Gasteiger partial charge in [-0.05, 0) is 18.1 Å². The van der Waals surface area contributed by atoms with Gasteiger partial charge in [0.25, 0.3) is 0 Å². The van der Waals surface area contributed by atoms with Crippen LogP contribution in [0.3, 0.4) is 0 Å². The highest BCUT2D eigenvalue weighted by Crippen LogP contribution is 2.12. The average molecular weight is 191 g/mol. The second-order valence-corrected chi connectivity index (χ2v) is 2.82. The number of para-hydroxylation sites is 1. The van der Waals surface area contributed by atoms with E-state index in [4.69, 9.17) is 5.73 Å². The van der Waals surface area contributed by atoms with E-state index in [1.54, 1.807) is 0 Å². The molecular weight excluding hydrogens is 170 g/mol. The summed E-state index contributed by atoms with van der Waals surface area (Å²) in [4.78, 5) is 0. The van der Waals surface area contributed by atoms with Crippen LogP contribution in [0, 0.1) is 0 Å². The zero-order chi connectivity index (χ0) is 10.8. The summed E-state index contributed by atoms with van der Waals surface area (Å²) in [5, 5.41) is 0. The Balaban J connectivity index is 0.000000791. The molecular formula is C13H21N. The summed E-state index contributed by atoms with van der Waals surface area (Å²) in [6, 6.07) is 7.90. The Labute approximate surface area is 87.6 Å². The second kappa shape index (κ2) is 8.36. The van der Waals surface area contributed by atoms with E-state index in [0.717, 1.165) is 17.7 Å². The fourth-order valence-electron chi connectivity index (χ4n) is 1.04. The first-order chi connectivity index (χ1) is 6.84. The number of hydrogen-bond acceptors (Lipinski definition) is 1. The highest BCUT2D eigenvalue weighted by Gasteiger charge is 1.89. The highest BCUT2D eigenvalue weighted by atomic mass is 14.5. The van der Waals surface area contributed by atoms with Crippen molar-refractivity contribution in [3.63, 3.8) is 0 Å². The third kappa shape index (κ3) is 4.70. The topological polar surface area (TPSA) is 26.0 Å². The van der Waals surface area contributed by atoms with Gasteiger partial charge in [0.15, 0.2) is 0 Å². The average Bonchev–Trinajstić information content (AvgIpc) is 2.24. The number of rotatable bonds is 3. The minimum absolute atomic E-state index is 0.852. The monoisotopic (exact) mass is 191 g/mol. The highest BCUT2D eigenvalue weighted by molar-refractivity contribution is 5.63. The lowest BCUT2D eigenvalue weighted by molar-refractivity contribution is 0.962. The third-order valence-corrected chi connectivity index (χ3v) is 1.75. The summed E-state index contributed by atoms with van der Waals surface area (Å²) >= 11 is 0. The van der Waals surface area contributed by atoms with Crippen LogP contribution < -0.4 is 5.73 Å². The van der Waals surface area contributed by atoms with Crippen molar-refractivity contribution in [2.75, 3.05) is 5.73 Å². The summed E-state index contributed by atoms with van der Waals surface area (Å²) < 4.78 is 0. The molecule has 2 N–H and O–H groups in total. The van der Waals surface area contributed by atoms with E-state index in [2.05, 4.69) is 19.1 Å². The minimum atomic E-state index is 0.852. The Hall–Kier alpha value is -1.24. The maximum Gasteiger partial charge on any atom is 0.0387 e. The molecule has 0 spiro atoms. The molecule has 0 radical (unpaired) electrons. The predicted octanol–water partition coefficient (Wildman–Crippen LogP) is 4.11. The van der Waals surface area contributed by atoms with E-state index < -0.39 is 0 Å². The molecule has 1 aromatic carbocycles. The molecule has 0 bridgehead atoms. The van der Waals surface area contributed by atoms with Crippen molar-refractivity contribution < 1.29 is 0 Å². The second-order valence-electron chi connectivity index (χ2n) is 2.82. The lowest BCUT2D eigenvalue weighted by Gasteiger charge is -1.97. The zero-order valence-electron chi connectivity index (χ0n) is 9.46. The maximum atomic E-state index is 5.75. The molecule has 14 heavy (non-hydrogen) atoms. The van der Waals surface area contributed by atoms with Gasteiger partial charge in [0.1, 0.15) is 0 Å². The molecule has 0 amide bonds. The smallest absolute Gasteiger partial charge is 0.0387 e. The molecule has 1 aromatic rings. The molecule has 1 heteroatoms. The van der Waals surface area contributed by atoms with E-state index in [-0.39, 0.29) is 0 Å². The van der Waals surface area contributed by atoms with Gasteiger partial charge in [-0.1, -0.05) is 57.5 Å². The number of benzene rings is 1. The van der Waals surface area contributed by atoms with E-state index in [1.807, 2.05) is 38.1 Å². The van der Waals surface area contributed by atoms with Gasteiger partial charge in [-0.25, -0.2) is 0 Å². The van der Waals surface area contributed by atoms with Crippen LogP contribution in [-0.4, -0.2) is 0 Å². The van der Waals surface area contributed by atoms with Crippen molar-refractivity contribution in [1.29, 1.82) is 0 Å². The van der Waals surface area contributed by atoms with Crippen LogP contribution >= 0.6 is 0 Å². The summed E-state index contributed by atoms with van der Waals surface area (Å²) in [6.45, 7) is 6.17. The lowest BCUT2D eigenvalue weighted by Crippen LogP contribution is -1.87. The van der Waals surface area contributed by atoms with Gasteiger partial charge in [0, 0.05) is 5.69 Å². The standard InChI is InChI=1S/C11H15N.C2H6/c1-2-3-4-7-10-8-5-6-9-11(10)12;1-2/h4-9H,2-3,12H2,1H3;1-2H3/b7-4-;. The normalized spacial score (nSPS) is 9.64. The van der Waals surface area contributed by atoms with Crippen LogP contribution in [-0.2, 0) is 0 Å². The first-order valence-electron chi connectivity index (χ1n) is 5.35. The van der Waals surface area contributed by atoms with Crippen LogP contribution in [0.1, 0.15) is 39.2 Å². The van der Waals surface area contributed by atoms with Crippen molar-refractivity contribution >= 4 is 11.8 Å². The summed E-state index contributed by atoms with van der Waals surface area (Å²) in [5.74, 6) is 0. The van der Waals surface area contributed by atoms with Gasteiger partial charge in [-0.15, -0.1) is 0 Å². The Morgan fingerprint density at radius 3 is 2.43 bits per heavy atom. The van der Waals surface area contributed by atoms with Crippen molar-refractivity contribution in [1.82, 2.24) is 0 Å². The molecule has 0 aliphatic carbocycles. The first kappa shape index (κ1) is 12.8. The van der Waals surface area contributed by atoms with Crippen LogP contribution in [0.15, 0.2) is 30.3 Å². The minimum Gasteiger partial charge on any atom is -0.398 e. The van der Waals surface area contributed by atoms with E-state index >= 15 is 0 Å². The van der Waals surface area contributed by atoms with Gasteiger partial charge in [-0.2, -0.15) is 0 Å². The largest absolute Gasteiger partial charge is 0.398 e. The molecule has 0 aliphatic rings. The third-order valence-electron chi connectivity index (χ3n) is 1.75. The number of allylic oxidation sites excluding steroid dienone is 1. The van der Waals surface area contributed by atoms with Crippen LogP contribution in [0.25, 0.3) is 6.08 Å². The van der Waals surface area contributed by atoms with Crippen molar-refractivity contribution in [3.8, 4) is 0 Å². The summed E-state index contributed by atoms with van der Waals surface area (Å²) in [7, 11) is 0. The van der Waals surface area contributed by atoms with Gasteiger partial charge in [0.2, 0.25) is 0 Å². The lowest BCUT2D eigenvalue weighted by atomic mass is 10.1. The Morgan fingerprint density at radius 2 is 1.86 bits per heavy atom. The fourth-order valence-corrected chi connectivity index (χ4v) is 1.04. The van der Waals surface area contributed by atoms with Crippen molar-refractivity contribution in [2.24, 2.45) is 0 Å². The molecule has 0 atom stereocenters. The SMILES string of the molecule is CC.CCC/C=C\c1ccccc1N. The molecule has 0 saturated heterocycles. The number of anilines is 1. The Bertz CT molecular complexity index is 264. The van der Waals surface area contributed by atoms with Gasteiger partial charge in [0.05, 0.1) is 0 Å². The van der Waals surface area contributed by atoms with Gasteiger partial charge >= 0.3 is 0 Å². The molecule has 0 fully saturated rings. The molecule has 1 rings (SSSR count). The number of nitrogen functional groups attached to an aromatic ring is 1. The Morgan fingerprint density at radius 1 is 1.21 bits per heavy atom. The molecule has 1 nitrogen and oxygen atoms in total. The van der Waals surface area contributed by atoms with Crippen molar-refractivity contribution in [2.45, 2.75) is 33.6 Å². The molecule has 0 unspecified atom stereocenters. The summed E-state index contributed by atoms with van der Waals surface area (Å²) in [6.07, 6.45) is 6.54. The number of hydrogen-bond donors (Lipinski definition) is 1. The summed E-state index contributed by atoms with van der Waals surface area (Å²) in [5.41, 5.74) is 7.72. The molecule has 78 valence electrons. The van der Waals surface area contributed by atoms with Gasteiger partial charge in [-0.3, -0.25) is 0 Å². The van der Waals surface area contributed by atoms with Gasteiger partial charge < -0.3 is 5.73 Å². The first-order valence-corrected chi connectivity index (χ1v) is 5.35. The fraction of sp³-hybridized carbons (Fsp3) is 0.385. The van der Waals surface area contributed by atoms with Crippen LogP contribution in [0.5, 0.6) is 0 Å². The van der Waals surface area contributed by atoms with E-state index in [9.17, 15) is 0 Å². The number of nitrogens with two attached hydrogens (primary N) is 1. The van der Waals surface area contributed by atoms with Crippen molar-refractivity contribution in [3.05, 3.63) is 35.9 Å². The molecule has 0 heterocycles. The Kier molecular flexibility index (Phi) is 7.62. The molecule has 0 aliphatic heterocycles. The van der Waals surface area contributed by atoms with Crippen LogP contribution in [0.4, 0.5) is 5.69 Å². The zero-order valence-corrected chi connectivity index (χ0v) is 9.46. The maximum absolute atomic E-state index is 5.75. The van der Waals surface area contributed by atoms with Crippen LogP contribution in [0.2, 0.25) is 0 Å². The molecule has 0 aromatic heterocycles. The van der Waals surface area contributed by atoms with E-state index in [0.29, 0.717) is 0 Å². The quantitative estimate of drug-likeness (QED) is 0.715. The molecule has 0 saturated carbocycles. The predicted molar refractivity (Wildman–Crippen MR) is 66.1 cm³/mol. The van der Waals surface area contributed by atoms with E-state index in [1.165, 1.54) is 6.42 Å². The number of unbranched alkanes of at least 4 members (excludes halogenated alkanes) is 1.